The molecule has 5 nitrogen and oxygen atoms in total. The van der Waals surface area contributed by atoms with E-state index in [0.717, 1.165) is 38.3 Å². The lowest BCUT2D eigenvalue weighted by molar-refractivity contribution is 0.177. The van der Waals surface area contributed by atoms with E-state index in [1.54, 1.807) is 0 Å². The Kier molecular flexibility index (Phi) is 6.96. The Bertz CT molecular complexity index is 343. The first-order valence-electron chi connectivity index (χ1n) is 9.02. The van der Waals surface area contributed by atoms with Crippen LogP contribution in [0.3, 0.4) is 0 Å². The van der Waals surface area contributed by atoms with Crippen molar-refractivity contribution < 1.29 is 9.90 Å². The zero-order chi connectivity index (χ0) is 15.9. The minimum Gasteiger partial charge on any atom is -0.396 e. The summed E-state index contributed by atoms with van der Waals surface area (Å²) < 4.78 is 0. The van der Waals surface area contributed by atoms with Gasteiger partial charge in [0.2, 0.25) is 0 Å². The highest BCUT2D eigenvalue weighted by Gasteiger charge is 2.30. The lowest BCUT2D eigenvalue weighted by Crippen LogP contribution is -2.48. The van der Waals surface area contributed by atoms with Crippen molar-refractivity contribution >= 4 is 6.03 Å². The molecule has 0 aliphatic heterocycles. The van der Waals surface area contributed by atoms with Gasteiger partial charge in [0.25, 0.3) is 0 Å². The molecule has 2 amide bonds. The third-order valence-electron chi connectivity index (χ3n) is 5.04. The van der Waals surface area contributed by atoms with Crippen molar-refractivity contribution in [1.82, 2.24) is 15.5 Å². The van der Waals surface area contributed by atoms with Crippen molar-refractivity contribution in [1.29, 1.82) is 0 Å². The summed E-state index contributed by atoms with van der Waals surface area (Å²) >= 11 is 0. The van der Waals surface area contributed by atoms with Gasteiger partial charge < -0.3 is 15.7 Å². The summed E-state index contributed by atoms with van der Waals surface area (Å²) in [5.41, 5.74) is 0. The van der Waals surface area contributed by atoms with E-state index in [1.807, 2.05) is 0 Å². The molecule has 2 fully saturated rings. The van der Waals surface area contributed by atoms with Crippen LogP contribution in [-0.4, -0.2) is 53.9 Å². The predicted octanol–water partition coefficient (Wildman–Crippen LogP) is 2.10. The molecule has 5 heteroatoms. The fourth-order valence-corrected chi connectivity index (χ4v) is 3.58. The van der Waals surface area contributed by atoms with Gasteiger partial charge in [-0.05, 0) is 39.5 Å². The Morgan fingerprint density at radius 1 is 1.18 bits per heavy atom. The number of urea groups is 1. The lowest BCUT2D eigenvalue weighted by atomic mass is 9.96. The van der Waals surface area contributed by atoms with E-state index in [2.05, 4.69) is 29.4 Å². The van der Waals surface area contributed by atoms with Gasteiger partial charge in [0.05, 0.1) is 0 Å². The molecule has 0 aromatic carbocycles. The second kappa shape index (κ2) is 8.73. The van der Waals surface area contributed by atoms with Gasteiger partial charge in [-0.25, -0.2) is 4.79 Å². The van der Waals surface area contributed by atoms with Crippen molar-refractivity contribution in [3.8, 4) is 0 Å². The molecule has 2 saturated carbocycles. The number of rotatable bonds is 7. The topological polar surface area (TPSA) is 64.6 Å². The monoisotopic (exact) mass is 311 g/mol. The maximum Gasteiger partial charge on any atom is 0.315 e. The van der Waals surface area contributed by atoms with Crippen LogP contribution in [0.1, 0.15) is 58.8 Å². The van der Waals surface area contributed by atoms with Gasteiger partial charge in [-0.1, -0.05) is 19.3 Å². The average molecular weight is 311 g/mol. The van der Waals surface area contributed by atoms with E-state index in [0.29, 0.717) is 12.6 Å². The summed E-state index contributed by atoms with van der Waals surface area (Å²) in [5, 5.41) is 15.6. The van der Waals surface area contributed by atoms with Crippen molar-refractivity contribution in [2.24, 2.45) is 5.92 Å². The van der Waals surface area contributed by atoms with Crippen LogP contribution in [-0.2, 0) is 0 Å². The van der Waals surface area contributed by atoms with Gasteiger partial charge in [-0.15, -0.1) is 0 Å². The summed E-state index contributed by atoms with van der Waals surface area (Å²) in [4.78, 5) is 14.6. The van der Waals surface area contributed by atoms with Gasteiger partial charge in [-0.3, -0.25) is 4.90 Å². The molecule has 0 saturated heterocycles. The quantitative estimate of drug-likeness (QED) is 0.631. The van der Waals surface area contributed by atoms with Crippen LogP contribution in [0.25, 0.3) is 0 Å². The summed E-state index contributed by atoms with van der Waals surface area (Å²) in [6.45, 7) is 6.22. The summed E-state index contributed by atoms with van der Waals surface area (Å²) in [5.74, 6) is 0.215. The molecular formula is C17H33N3O2. The number of aliphatic hydroxyl groups excluding tert-OH is 1. The molecule has 0 radical (unpaired) electrons. The summed E-state index contributed by atoms with van der Waals surface area (Å²) in [6.07, 6.45) is 8.11. The van der Waals surface area contributed by atoms with Crippen LogP contribution in [0.2, 0.25) is 0 Å². The predicted molar refractivity (Wildman–Crippen MR) is 88.8 cm³/mol. The Morgan fingerprint density at radius 2 is 1.91 bits per heavy atom. The smallest absolute Gasteiger partial charge is 0.315 e. The van der Waals surface area contributed by atoms with Crippen LogP contribution >= 0.6 is 0 Å². The molecule has 0 bridgehead atoms. The van der Waals surface area contributed by atoms with E-state index in [-0.39, 0.29) is 24.6 Å². The molecule has 2 aliphatic carbocycles. The number of carbonyl (C=O) groups is 1. The average Bonchev–Trinajstić information content (AvgIpc) is 3.30. The van der Waals surface area contributed by atoms with Crippen LogP contribution in [0.5, 0.6) is 0 Å². The Balaban J connectivity index is 1.70. The number of carbonyl (C=O) groups excluding carboxylic acids is 1. The highest BCUT2D eigenvalue weighted by molar-refractivity contribution is 5.74. The molecule has 2 unspecified atom stereocenters. The van der Waals surface area contributed by atoms with Crippen molar-refractivity contribution in [3.05, 3.63) is 0 Å². The maximum absolute atomic E-state index is 12.1. The highest BCUT2D eigenvalue weighted by atomic mass is 16.3. The van der Waals surface area contributed by atoms with Crippen molar-refractivity contribution in [2.75, 3.05) is 19.7 Å². The highest BCUT2D eigenvalue weighted by Crippen LogP contribution is 2.28. The molecular weight excluding hydrogens is 278 g/mol. The van der Waals surface area contributed by atoms with Gasteiger partial charge in [0.15, 0.2) is 0 Å². The largest absolute Gasteiger partial charge is 0.396 e. The molecule has 2 aliphatic rings. The molecule has 0 spiro atoms. The first-order chi connectivity index (χ1) is 10.6. The van der Waals surface area contributed by atoms with E-state index >= 15 is 0 Å². The van der Waals surface area contributed by atoms with E-state index in [9.17, 15) is 9.90 Å². The summed E-state index contributed by atoms with van der Waals surface area (Å²) in [6, 6.07) is 1.31. The molecule has 3 N–H and O–H groups in total. The Hall–Kier alpha value is -0.810. The van der Waals surface area contributed by atoms with Gasteiger partial charge in [0.1, 0.15) is 0 Å². The van der Waals surface area contributed by atoms with Crippen LogP contribution in [0.4, 0.5) is 4.79 Å². The molecule has 128 valence electrons. The fourth-order valence-electron chi connectivity index (χ4n) is 3.58. The molecule has 0 aromatic rings. The second-order valence-electron chi connectivity index (χ2n) is 7.15. The second-order valence-corrected chi connectivity index (χ2v) is 7.15. The number of hydrogen-bond acceptors (Lipinski definition) is 3. The number of hydrogen-bond donors (Lipinski definition) is 3. The van der Waals surface area contributed by atoms with Crippen molar-refractivity contribution in [2.45, 2.75) is 76.9 Å². The Morgan fingerprint density at radius 3 is 2.55 bits per heavy atom. The molecule has 0 aromatic heterocycles. The molecule has 2 rings (SSSR count). The maximum atomic E-state index is 12.1. The van der Waals surface area contributed by atoms with Gasteiger partial charge in [-0.2, -0.15) is 0 Å². The minimum atomic E-state index is -0.0788. The standard InChI is InChI=1S/C17H33N3O2/c1-13(2)20(15-8-9-15)11-10-18-17(22)19-16-7-5-3-4-6-14(16)12-21/h13-16,21H,3-12H2,1-2H3,(H2,18,19,22). The number of amides is 2. The summed E-state index contributed by atoms with van der Waals surface area (Å²) in [7, 11) is 0. The Labute approximate surface area is 134 Å². The van der Waals surface area contributed by atoms with Gasteiger partial charge in [0, 0.05) is 43.7 Å². The number of nitrogens with one attached hydrogen (secondary N) is 2. The lowest BCUT2D eigenvalue weighted by Gasteiger charge is -2.27. The van der Waals surface area contributed by atoms with E-state index < -0.39 is 0 Å². The zero-order valence-corrected chi connectivity index (χ0v) is 14.2. The first kappa shape index (κ1) is 17.5. The van der Waals surface area contributed by atoms with Crippen molar-refractivity contribution in [3.63, 3.8) is 0 Å². The third-order valence-corrected chi connectivity index (χ3v) is 5.04. The molecule has 22 heavy (non-hydrogen) atoms. The number of aliphatic hydroxyl groups is 1. The van der Waals surface area contributed by atoms with Gasteiger partial charge >= 0.3 is 6.03 Å². The van der Waals surface area contributed by atoms with Crippen LogP contribution in [0, 0.1) is 5.92 Å². The first-order valence-corrected chi connectivity index (χ1v) is 9.02. The molecule has 0 heterocycles. The zero-order valence-electron chi connectivity index (χ0n) is 14.2. The third kappa shape index (κ3) is 5.43. The van der Waals surface area contributed by atoms with Crippen LogP contribution < -0.4 is 10.6 Å². The number of nitrogens with zero attached hydrogens (tertiary/aromatic N) is 1. The van der Waals surface area contributed by atoms with E-state index in [4.69, 9.17) is 0 Å². The molecule has 2 atom stereocenters. The normalized spacial score (nSPS) is 26.0. The van der Waals surface area contributed by atoms with E-state index in [1.165, 1.54) is 19.3 Å². The minimum absolute atomic E-state index is 0.0788. The fraction of sp³-hybridized carbons (Fsp3) is 0.941. The van der Waals surface area contributed by atoms with Crippen LogP contribution in [0.15, 0.2) is 0 Å². The SMILES string of the molecule is CC(C)N(CCNC(=O)NC1CCCCCC1CO)C1CC1.